The third-order valence-corrected chi connectivity index (χ3v) is 3.68. The zero-order valence-corrected chi connectivity index (χ0v) is 13.3. The van der Waals surface area contributed by atoms with Crippen molar-refractivity contribution in [1.29, 1.82) is 0 Å². The Morgan fingerprint density at radius 1 is 1.00 bits per heavy atom. The zero-order valence-electron chi connectivity index (χ0n) is 13.3. The van der Waals surface area contributed by atoms with E-state index in [1.54, 1.807) is 36.4 Å². The summed E-state index contributed by atoms with van der Waals surface area (Å²) in [6, 6.07) is 12.5. The van der Waals surface area contributed by atoms with E-state index in [1.807, 2.05) is 26.0 Å². The zero-order chi connectivity index (χ0) is 16.8. The van der Waals surface area contributed by atoms with E-state index in [9.17, 15) is 9.59 Å². The van der Waals surface area contributed by atoms with Crippen LogP contribution in [0.3, 0.4) is 0 Å². The van der Waals surface area contributed by atoms with Crippen LogP contribution in [-0.2, 0) is 0 Å². The number of aryl methyl sites for hydroxylation is 1. The number of hydrogen-bond donors (Lipinski definition) is 2. The van der Waals surface area contributed by atoms with Gasteiger partial charge in [-0.2, -0.15) is 0 Å². The maximum atomic E-state index is 12.5. The fraction of sp³-hybridized carbons (Fsp3) is 0.158. The average molecular weight is 308 g/mol. The molecule has 0 radical (unpaired) electrons. The van der Waals surface area contributed by atoms with Gasteiger partial charge in [0.1, 0.15) is 0 Å². The van der Waals surface area contributed by atoms with Gasteiger partial charge in [0, 0.05) is 12.1 Å². The molecule has 0 saturated heterocycles. The number of para-hydroxylation sites is 1. The molecule has 2 amide bonds. The molecule has 0 spiro atoms. The van der Waals surface area contributed by atoms with Crippen LogP contribution in [0, 0.1) is 13.8 Å². The summed E-state index contributed by atoms with van der Waals surface area (Å²) in [5.74, 6) is -0.475. The highest BCUT2D eigenvalue weighted by atomic mass is 16.2. The van der Waals surface area contributed by atoms with E-state index in [1.165, 1.54) is 0 Å². The van der Waals surface area contributed by atoms with Gasteiger partial charge < -0.3 is 10.6 Å². The molecule has 0 aliphatic heterocycles. The van der Waals surface area contributed by atoms with Crippen molar-refractivity contribution in [3.05, 3.63) is 77.4 Å². The highest BCUT2D eigenvalue weighted by molar-refractivity contribution is 6.09. The van der Waals surface area contributed by atoms with Crippen LogP contribution in [0.1, 0.15) is 31.8 Å². The lowest BCUT2D eigenvalue weighted by molar-refractivity contribution is 0.0959. The second-order valence-electron chi connectivity index (χ2n) is 5.25. The third-order valence-electron chi connectivity index (χ3n) is 3.68. The van der Waals surface area contributed by atoms with Crippen LogP contribution < -0.4 is 10.6 Å². The van der Waals surface area contributed by atoms with Crippen LogP contribution in [-0.4, -0.2) is 18.4 Å². The number of benzene rings is 2. The molecule has 4 heteroatoms. The molecule has 2 rings (SSSR count). The Kier molecular flexibility index (Phi) is 5.31. The highest BCUT2D eigenvalue weighted by Crippen LogP contribution is 2.18. The summed E-state index contributed by atoms with van der Waals surface area (Å²) in [4.78, 5) is 24.7. The Hall–Kier alpha value is -2.88. The Morgan fingerprint density at radius 3 is 2.43 bits per heavy atom. The van der Waals surface area contributed by atoms with Gasteiger partial charge in [0.2, 0.25) is 0 Å². The topological polar surface area (TPSA) is 58.2 Å². The Balaban J connectivity index is 2.26. The van der Waals surface area contributed by atoms with Crippen molar-refractivity contribution in [2.75, 3.05) is 11.9 Å². The molecular formula is C19H20N2O2. The summed E-state index contributed by atoms with van der Waals surface area (Å²) in [5.41, 5.74) is 3.49. The highest BCUT2D eigenvalue weighted by Gasteiger charge is 2.15. The lowest BCUT2D eigenvalue weighted by atomic mass is 10.0. The molecule has 0 fully saturated rings. The van der Waals surface area contributed by atoms with Gasteiger partial charge in [0.15, 0.2) is 0 Å². The molecule has 2 aromatic carbocycles. The van der Waals surface area contributed by atoms with Crippen LogP contribution in [0.25, 0.3) is 0 Å². The first-order chi connectivity index (χ1) is 11.0. The summed E-state index contributed by atoms with van der Waals surface area (Å²) >= 11 is 0. The van der Waals surface area contributed by atoms with Crippen molar-refractivity contribution in [3.8, 4) is 0 Å². The van der Waals surface area contributed by atoms with Gasteiger partial charge >= 0.3 is 0 Å². The summed E-state index contributed by atoms with van der Waals surface area (Å²) < 4.78 is 0. The molecular weight excluding hydrogens is 288 g/mol. The van der Waals surface area contributed by atoms with Crippen molar-refractivity contribution in [2.45, 2.75) is 13.8 Å². The second-order valence-corrected chi connectivity index (χ2v) is 5.25. The number of anilines is 1. The molecule has 0 atom stereocenters. The maximum Gasteiger partial charge on any atom is 0.255 e. The Morgan fingerprint density at radius 2 is 1.70 bits per heavy atom. The molecule has 2 aromatic rings. The molecule has 0 unspecified atom stereocenters. The van der Waals surface area contributed by atoms with Crippen molar-refractivity contribution >= 4 is 17.5 Å². The summed E-state index contributed by atoms with van der Waals surface area (Å²) in [6.07, 6.45) is 1.61. The molecule has 0 heterocycles. The standard InChI is InChI=1S/C19H20N2O2/c1-4-12-20-18(22)16-9-5-6-11-17(16)21-19(23)15-10-7-8-13(2)14(15)3/h4-11H,1,12H2,2-3H3,(H,20,22)(H,21,23). The van der Waals surface area contributed by atoms with Crippen LogP contribution in [0.4, 0.5) is 5.69 Å². The molecule has 0 saturated carbocycles. The molecule has 4 nitrogen and oxygen atoms in total. The number of nitrogens with one attached hydrogen (secondary N) is 2. The van der Waals surface area contributed by atoms with Gasteiger partial charge in [-0.1, -0.05) is 30.3 Å². The van der Waals surface area contributed by atoms with Gasteiger partial charge in [-0.25, -0.2) is 0 Å². The van der Waals surface area contributed by atoms with Gasteiger partial charge in [0.05, 0.1) is 11.3 Å². The first kappa shape index (κ1) is 16.5. The van der Waals surface area contributed by atoms with Gasteiger partial charge in [0.25, 0.3) is 11.8 Å². The molecule has 2 N–H and O–H groups in total. The van der Waals surface area contributed by atoms with Crippen LogP contribution in [0.15, 0.2) is 55.1 Å². The van der Waals surface area contributed by atoms with Crippen molar-refractivity contribution in [2.24, 2.45) is 0 Å². The van der Waals surface area contributed by atoms with E-state index < -0.39 is 0 Å². The summed E-state index contributed by atoms with van der Waals surface area (Å²) in [6.45, 7) is 7.81. The van der Waals surface area contributed by atoms with Crippen molar-refractivity contribution in [3.63, 3.8) is 0 Å². The van der Waals surface area contributed by atoms with Crippen molar-refractivity contribution < 1.29 is 9.59 Å². The molecule has 23 heavy (non-hydrogen) atoms. The third kappa shape index (κ3) is 3.86. The number of rotatable bonds is 5. The lowest BCUT2D eigenvalue weighted by Gasteiger charge is -2.12. The Labute approximate surface area is 136 Å². The normalized spacial score (nSPS) is 10.0. The SMILES string of the molecule is C=CCNC(=O)c1ccccc1NC(=O)c1cccc(C)c1C. The van der Waals surface area contributed by atoms with E-state index >= 15 is 0 Å². The second kappa shape index (κ2) is 7.40. The van der Waals surface area contributed by atoms with Crippen molar-refractivity contribution in [1.82, 2.24) is 5.32 Å². The van der Waals surface area contributed by atoms with E-state index in [0.717, 1.165) is 11.1 Å². The minimum absolute atomic E-state index is 0.227. The summed E-state index contributed by atoms with van der Waals surface area (Å²) in [5, 5.41) is 5.54. The average Bonchev–Trinajstić information content (AvgIpc) is 2.55. The Bertz CT molecular complexity index is 751. The number of amides is 2. The molecule has 118 valence electrons. The molecule has 0 aliphatic rings. The van der Waals surface area contributed by atoms with E-state index in [2.05, 4.69) is 17.2 Å². The first-order valence-electron chi connectivity index (χ1n) is 7.40. The van der Waals surface area contributed by atoms with Crippen LogP contribution >= 0.6 is 0 Å². The minimum atomic E-state index is -0.248. The fourth-order valence-corrected chi connectivity index (χ4v) is 2.24. The van der Waals surface area contributed by atoms with E-state index in [0.29, 0.717) is 23.4 Å². The van der Waals surface area contributed by atoms with Gasteiger partial charge in [-0.15, -0.1) is 6.58 Å². The first-order valence-corrected chi connectivity index (χ1v) is 7.40. The summed E-state index contributed by atoms with van der Waals surface area (Å²) in [7, 11) is 0. The maximum absolute atomic E-state index is 12.5. The molecule has 0 aliphatic carbocycles. The lowest BCUT2D eigenvalue weighted by Crippen LogP contribution is -2.25. The number of carbonyl (C=O) groups excluding carboxylic acids is 2. The number of hydrogen-bond acceptors (Lipinski definition) is 2. The smallest absolute Gasteiger partial charge is 0.255 e. The van der Waals surface area contributed by atoms with E-state index in [-0.39, 0.29) is 11.8 Å². The largest absolute Gasteiger partial charge is 0.349 e. The van der Waals surface area contributed by atoms with Gasteiger partial charge in [-0.05, 0) is 43.2 Å². The van der Waals surface area contributed by atoms with E-state index in [4.69, 9.17) is 0 Å². The predicted octanol–water partition coefficient (Wildman–Crippen LogP) is 3.47. The van der Waals surface area contributed by atoms with Crippen LogP contribution in [0.5, 0.6) is 0 Å². The predicted molar refractivity (Wildman–Crippen MR) is 92.8 cm³/mol. The van der Waals surface area contributed by atoms with Crippen LogP contribution in [0.2, 0.25) is 0 Å². The minimum Gasteiger partial charge on any atom is -0.349 e. The monoisotopic (exact) mass is 308 g/mol. The number of carbonyl (C=O) groups is 2. The molecule has 0 bridgehead atoms. The fourth-order valence-electron chi connectivity index (χ4n) is 2.24. The quantitative estimate of drug-likeness (QED) is 0.831. The van der Waals surface area contributed by atoms with Gasteiger partial charge in [-0.3, -0.25) is 9.59 Å². The molecule has 0 aromatic heterocycles.